The van der Waals surface area contributed by atoms with Crippen molar-refractivity contribution < 1.29 is 4.42 Å². The van der Waals surface area contributed by atoms with E-state index in [4.69, 9.17) is 4.42 Å². The number of benzene rings is 9. The van der Waals surface area contributed by atoms with Gasteiger partial charge in [-0.05, 0) is 110 Å². The summed E-state index contributed by atoms with van der Waals surface area (Å²) in [6.45, 7) is 0. The lowest BCUT2D eigenvalue weighted by atomic mass is 9.92. The van der Waals surface area contributed by atoms with Gasteiger partial charge in [0.25, 0.3) is 0 Å². The van der Waals surface area contributed by atoms with Crippen LogP contribution in [0.2, 0.25) is 0 Å². The van der Waals surface area contributed by atoms with E-state index in [0.29, 0.717) is 0 Å². The molecule has 2 heteroatoms. The van der Waals surface area contributed by atoms with Crippen molar-refractivity contribution in [3.8, 4) is 33.4 Å². The van der Waals surface area contributed by atoms with Crippen LogP contribution in [0.4, 0.5) is 17.1 Å². The van der Waals surface area contributed by atoms with E-state index in [1.807, 2.05) is 12.1 Å². The highest BCUT2D eigenvalue weighted by atomic mass is 16.3. The maximum atomic E-state index is 6.21. The zero-order valence-corrected chi connectivity index (χ0v) is 28.4. The lowest BCUT2D eigenvalue weighted by molar-refractivity contribution is 0.669. The fraction of sp³-hybridized carbons (Fsp3) is 0. The van der Waals surface area contributed by atoms with Crippen LogP contribution in [0.5, 0.6) is 0 Å². The smallest absolute Gasteiger partial charge is 0.136 e. The Balaban J connectivity index is 1.05. The molecular formula is C50H33NO. The largest absolute Gasteiger partial charge is 0.456 e. The van der Waals surface area contributed by atoms with E-state index < -0.39 is 0 Å². The maximum absolute atomic E-state index is 6.21. The summed E-state index contributed by atoms with van der Waals surface area (Å²) in [6.07, 6.45) is 0. The molecule has 0 saturated carbocycles. The highest BCUT2D eigenvalue weighted by molar-refractivity contribution is 6.19. The lowest BCUT2D eigenvalue weighted by Gasteiger charge is -2.26. The third-order valence-corrected chi connectivity index (χ3v) is 10.3. The van der Waals surface area contributed by atoms with Gasteiger partial charge in [-0.2, -0.15) is 0 Å². The van der Waals surface area contributed by atoms with Crippen LogP contribution in [0.25, 0.3) is 76.9 Å². The van der Waals surface area contributed by atoms with Crippen LogP contribution < -0.4 is 4.90 Å². The molecule has 0 spiro atoms. The Kier molecular flexibility index (Phi) is 7.18. The summed E-state index contributed by atoms with van der Waals surface area (Å²) in [7, 11) is 0. The number of hydrogen-bond acceptors (Lipinski definition) is 2. The molecular weight excluding hydrogens is 631 g/mol. The molecule has 0 saturated heterocycles. The van der Waals surface area contributed by atoms with Crippen molar-refractivity contribution in [2.75, 3.05) is 4.90 Å². The summed E-state index contributed by atoms with van der Waals surface area (Å²) < 4.78 is 6.21. The fourth-order valence-electron chi connectivity index (χ4n) is 7.78. The number of furan rings is 1. The minimum absolute atomic E-state index is 0.919. The summed E-state index contributed by atoms with van der Waals surface area (Å²) in [5, 5.41) is 7.23. The number of hydrogen-bond donors (Lipinski definition) is 0. The zero-order chi connectivity index (χ0) is 34.4. The van der Waals surface area contributed by atoms with Crippen LogP contribution in [-0.4, -0.2) is 0 Å². The fourth-order valence-corrected chi connectivity index (χ4v) is 7.78. The molecule has 0 aliphatic rings. The topological polar surface area (TPSA) is 16.4 Å². The number of anilines is 3. The predicted molar refractivity (Wildman–Crippen MR) is 220 cm³/mol. The summed E-state index contributed by atoms with van der Waals surface area (Å²) in [6, 6.07) is 71.7. The van der Waals surface area contributed by atoms with Crippen LogP contribution in [0.1, 0.15) is 0 Å². The number of fused-ring (bicyclic) bond motifs is 6. The first kappa shape index (κ1) is 30.0. The molecule has 10 aromatic rings. The molecule has 1 heterocycles. The summed E-state index contributed by atoms with van der Waals surface area (Å²) in [4.78, 5) is 2.34. The molecule has 244 valence electrons. The van der Waals surface area contributed by atoms with Crippen molar-refractivity contribution in [3.63, 3.8) is 0 Å². The van der Waals surface area contributed by atoms with Gasteiger partial charge in [-0.25, -0.2) is 0 Å². The Labute approximate surface area is 302 Å². The van der Waals surface area contributed by atoms with Gasteiger partial charge in [0, 0.05) is 27.8 Å². The number of rotatable bonds is 6. The quantitative estimate of drug-likeness (QED) is 0.176. The Hall–Kier alpha value is -6.90. The van der Waals surface area contributed by atoms with Crippen molar-refractivity contribution in [2.45, 2.75) is 0 Å². The van der Waals surface area contributed by atoms with Gasteiger partial charge in [0.15, 0.2) is 0 Å². The van der Waals surface area contributed by atoms with E-state index in [0.717, 1.165) is 33.6 Å². The van der Waals surface area contributed by atoms with Crippen LogP contribution >= 0.6 is 0 Å². The molecule has 0 N–H and O–H groups in total. The van der Waals surface area contributed by atoms with Gasteiger partial charge in [0.2, 0.25) is 0 Å². The normalized spacial score (nSPS) is 11.5. The van der Waals surface area contributed by atoms with Crippen LogP contribution in [0.15, 0.2) is 205 Å². The van der Waals surface area contributed by atoms with Gasteiger partial charge in [0.1, 0.15) is 11.2 Å². The minimum Gasteiger partial charge on any atom is -0.456 e. The first-order chi connectivity index (χ1) is 25.8. The molecule has 1 aromatic heterocycles. The molecule has 0 atom stereocenters. The Morgan fingerprint density at radius 2 is 0.885 bits per heavy atom. The SMILES string of the molecule is c1ccc(-c2ccc(-c3cccc(N(c4ccccc4)c4ccc(-c5ccc6ccc7oc8ccccc8c7c6c5)cc4)c3)c3ccccc23)cc1. The second kappa shape index (κ2) is 12.5. The van der Waals surface area contributed by atoms with Crippen molar-refractivity contribution in [3.05, 3.63) is 200 Å². The van der Waals surface area contributed by atoms with Gasteiger partial charge in [-0.3, -0.25) is 0 Å². The van der Waals surface area contributed by atoms with Crippen molar-refractivity contribution in [2.24, 2.45) is 0 Å². The third kappa shape index (κ3) is 5.12. The third-order valence-electron chi connectivity index (χ3n) is 10.3. The Morgan fingerprint density at radius 1 is 0.308 bits per heavy atom. The molecule has 0 bridgehead atoms. The first-order valence-corrected chi connectivity index (χ1v) is 17.8. The molecule has 0 amide bonds. The van der Waals surface area contributed by atoms with Crippen LogP contribution in [0, 0.1) is 0 Å². The number of nitrogens with zero attached hydrogens (tertiary/aromatic N) is 1. The van der Waals surface area contributed by atoms with E-state index >= 15 is 0 Å². The van der Waals surface area contributed by atoms with E-state index in [-0.39, 0.29) is 0 Å². The minimum atomic E-state index is 0.919. The molecule has 0 fully saturated rings. The molecule has 0 aliphatic heterocycles. The average Bonchev–Trinajstić information content (AvgIpc) is 3.61. The standard InChI is InChI=1S/C50H33NO/c1-3-12-35(13-4-1)42-29-30-43(45-19-8-7-18-44(42)45)38-14-11-17-41(32-38)51(39-15-5-2-6-16-39)40-27-24-34(25-28-40)37-23-22-36-26-31-49-50(47(36)33-37)46-20-9-10-21-48(46)52-49/h1-33H. The number of para-hydroxylation sites is 2. The van der Waals surface area contributed by atoms with Crippen molar-refractivity contribution >= 4 is 60.5 Å². The highest BCUT2D eigenvalue weighted by Crippen LogP contribution is 2.41. The van der Waals surface area contributed by atoms with Crippen LogP contribution in [0.3, 0.4) is 0 Å². The Bertz CT molecular complexity index is 2890. The molecule has 52 heavy (non-hydrogen) atoms. The van der Waals surface area contributed by atoms with Crippen molar-refractivity contribution in [1.29, 1.82) is 0 Å². The van der Waals surface area contributed by atoms with E-state index in [1.165, 1.54) is 60.3 Å². The second-order valence-corrected chi connectivity index (χ2v) is 13.3. The van der Waals surface area contributed by atoms with Gasteiger partial charge >= 0.3 is 0 Å². The monoisotopic (exact) mass is 663 g/mol. The van der Waals surface area contributed by atoms with E-state index in [2.05, 4.69) is 193 Å². The summed E-state index contributed by atoms with van der Waals surface area (Å²) in [5.74, 6) is 0. The van der Waals surface area contributed by atoms with Gasteiger partial charge < -0.3 is 9.32 Å². The molecule has 2 nitrogen and oxygen atoms in total. The second-order valence-electron chi connectivity index (χ2n) is 13.3. The summed E-state index contributed by atoms with van der Waals surface area (Å²) >= 11 is 0. The van der Waals surface area contributed by atoms with Crippen LogP contribution in [-0.2, 0) is 0 Å². The summed E-state index contributed by atoms with van der Waals surface area (Å²) in [5.41, 5.74) is 12.4. The Morgan fingerprint density at radius 3 is 1.65 bits per heavy atom. The average molecular weight is 664 g/mol. The highest BCUT2D eigenvalue weighted by Gasteiger charge is 2.16. The molecule has 10 rings (SSSR count). The molecule has 9 aromatic carbocycles. The van der Waals surface area contributed by atoms with Crippen molar-refractivity contribution in [1.82, 2.24) is 0 Å². The zero-order valence-electron chi connectivity index (χ0n) is 28.4. The molecule has 0 radical (unpaired) electrons. The van der Waals surface area contributed by atoms with Gasteiger partial charge in [-0.15, -0.1) is 0 Å². The van der Waals surface area contributed by atoms with Gasteiger partial charge in [-0.1, -0.05) is 146 Å². The van der Waals surface area contributed by atoms with Gasteiger partial charge in [0.05, 0.1) is 0 Å². The molecule has 0 unspecified atom stereocenters. The first-order valence-electron chi connectivity index (χ1n) is 17.8. The lowest BCUT2D eigenvalue weighted by Crippen LogP contribution is -2.09. The van der Waals surface area contributed by atoms with E-state index in [1.54, 1.807) is 0 Å². The maximum Gasteiger partial charge on any atom is 0.136 e. The predicted octanol–water partition coefficient (Wildman–Crippen LogP) is 14.4. The molecule has 0 aliphatic carbocycles. The van der Waals surface area contributed by atoms with E-state index in [9.17, 15) is 0 Å².